The predicted molar refractivity (Wildman–Crippen MR) is 163 cm³/mol. The number of aryl methyl sites for hydroxylation is 2. The Kier molecular flexibility index (Phi) is 11.2. The lowest BCUT2D eigenvalue weighted by Crippen LogP contribution is -2.01. The number of fused-ring (bicyclic) bond motifs is 2. The summed E-state index contributed by atoms with van der Waals surface area (Å²) in [6.45, 7) is 0.0909. The summed E-state index contributed by atoms with van der Waals surface area (Å²) in [5, 5.41) is 17.4. The van der Waals surface area contributed by atoms with Gasteiger partial charge in [0.15, 0.2) is 0 Å². The molecule has 4 aromatic heterocycles. The first-order valence-electron chi connectivity index (χ1n) is 13.3. The second kappa shape index (κ2) is 15.7. The van der Waals surface area contributed by atoms with Crippen LogP contribution < -0.4 is 0 Å². The van der Waals surface area contributed by atoms with Crippen molar-refractivity contribution in [3.63, 3.8) is 0 Å². The summed E-state index contributed by atoms with van der Waals surface area (Å²) in [7, 11) is 0. The predicted octanol–water partition coefficient (Wildman–Crippen LogP) is 5.90. The van der Waals surface area contributed by atoms with Gasteiger partial charge in [0.25, 0.3) is 0 Å². The molecule has 0 saturated heterocycles. The SMILES string of the molecule is Cl.FCc1cccc(C#CCCn2nc3ccccc3n2)n1.FCc1cccc(C#CCCn2nc3ccccc3n2)n1. The minimum absolute atomic E-state index is 0. The highest BCUT2D eigenvalue weighted by atomic mass is 35.5. The molecule has 0 aliphatic rings. The van der Waals surface area contributed by atoms with Crippen LogP contribution in [0.1, 0.15) is 35.6 Å². The van der Waals surface area contributed by atoms with Crippen molar-refractivity contribution in [1.82, 2.24) is 40.0 Å². The Bertz CT molecular complexity index is 1710. The van der Waals surface area contributed by atoms with E-state index in [4.69, 9.17) is 0 Å². The Morgan fingerprint density at radius 2 is 0.884 bits per heavy atom. The first kappa shape index (κ1) is 30.8. The highest BCUT2D eigenvalue weighted by molar-refractivity contribution is 5.85. The standard InChI is InChI=1S/2C16H13FN4.ClH/c2*17-12-14-8-5-7-13(18-14)6-3-4-11-21-19-15-9-1-2-10-16(15)20-21;/h2*1-2,5,7-10H,4,11-12H2;1H. The van der Waals surface area contributed by atoms with E-state index in [1.807, 2.05) is 48.5 Å². The van der Waals surface area contributed by atoms with Crippen molar-refractivity contribution in [2.75, 3.05) is 0 Å². The molecule has 216 valence electrons. The van der Waals surface area contributed by atoms with Crippen LogP contribution in [0.5, 0.6) is 0 Å². The summed E-state index contributed by atoms with van der Waals surface area (Å²) in [5.74, 6) is 11.9. The number of benzene rings is 2. The lowest BCUT2D eigenvalue weighted by atomic mass is 10.3. The molecule has 0 radical (unpaired) electrons. The third-order valence-electron chi connectivity index (χ3n) is 5.85. The summed E-state index contributed by atoms with van der Waals surface area (Å²) in [5.41, 5.74) is 5.49. The van der Waals surface area contributed by atoms with Crippen LogP contribution in [0.4, 0.5) is 8.78 Å². The maximum atomic E-state index is 12.5. The van der Waals surface area contributed by atoms with Crippen molar-refractivity contribution in [1.29, 1.82) is 0 Å². The summed E-state index contributed by atoms with van der Waals surface area (Å²) in [6.07, 6.45) is 1.23. The molecule has 43 heavy (non-hydrogen) atoms. The molecule has 0 unspecified atom stereocenters. The molecule has 0 aliphatic heterocycles. The van der Waals surface area contributed by atoms with Gasteiger partial charge >= 0.3 is 0 Å². The van der Waals surface area contributed by atoms with E-state index in [-0.39, 0.29) is 12.4 Å². The quantitative estimate of drug-likeness (QED) is 0.223. The summed E-state index contributed by atoms with van der Waals surface area (Å²) in [4.78, 5) is 11.5. The summed E-state index contributed by atoms with van der Waals surface area (Å²) < 4.78 is 25.0. The number of rotatable bonds is 6. The number of pyridine rings is 2. The van der Waals surface area contributed by atoms with Crippen LogP contribution in [0.3, 0.4) is 0 Å². The number of aromatic nitrogens is 8. The molecule has 0 amide bonds. The highest BCUT2D eigenvalue weighted by Gasteiger charge is 2.01. The van der Waals surface area contributed by atoms with Gasteiger partial charge in [0.05, 0.1) is 24.5 Å². The molecule has 0 fully saturated rings. The minimum Gasteiger partial charge on any atom is -0.244 e. The van der Waals surface area contributed by atoms with E-state index in [1.54, 1.807) is 46.0 Å². The summed E-state index contributed by atoms with van der Waals surface area (Å²) in [6, 6.07) is 25.8. The van der Waals surface area contributed by atoms with Crippen molar-refractivity contribution in [3.05, 3.63) is 108 Å². The highest BCUT2D eigenvalue weighted by Crippen LogP contribution is 2.08. The number of halogens is 3. The van der Waals surface area contributed by atoms with Gasteiger partial charge in [-0.25, -0.2) is 18.7 Å². The largest absolute Gasteiger partial charge is 0.244 e. The van der Waals surface area contributed by atoms with E-state index in [0.717, 1.165) is 22.1 Å². The number of alkyl halides is 2. The van der Waals surface area contributed by atoms with Gasteiger partial charge in [0.1, 0.15) is 46.8 Å². The van der Waals surface area contributed by atoms with Gasteiger partial charge in [-0.2, -0.15) is 30.0 Å². The minimum atomic E-state index is -0.570. The second-order valence-corrected chi connectivity index (χ2v) is 8.97. The lowest BCUT2D eigenvalue weighted by Gasteiger charge is -1.94. The third kappa shape index (κ3) is 8.90. The Hall–Kier alpha value is -5.19. The topological polar surface area (TPSA) is 87.2 Å². The molecular formula is C32H27ClF2N8. The normalized spacial score (nSPS) is 10.1. The molecule has 0 spiro atoms. The molecule has 2 aromatic carbocycles. The first-order valence-corrected chi connectivity index (χ1v) is 13.3. The van der Waals surface area contributed by atoms with Crippen LogP contribution in [0, 0.1) is 23.7 Å². The van der Waals surface area contributed by atoms with Gasteiger partial charge in [-0.1, -0.05) is 48.2 Å². The van der Waals surface area contributed by atoms with Gasteiger partial charge in [-0.05, 0) is 60.4 Å². The molecule has 4 heterocycles. The van der Waals surface area contributed by atoms with Crippen LogP contribution in [0.15, 0.2) is 84.9 Å². The zero-order valence-electron chi connectivity index (χ0n) is 23.1. The van der Waals surface area contributed by atoms with Crippen molar-refractivity contribution < 1.29 is 8.78 Å². The van der Waals surface area contributed by atoms with E-state index < -0.39 is 13.3 Å². The fourth-order valence-electron chi connectivity index (χ4n) is 3.87. The number of hydrogen-bond acceptors (Lipinski definition) is 6. The Balaban J connectivity index is 0.000000192. The van der Waals surface area contributed by atoms with Gasteiger partial charge in [0.2, 0.25) is 0 Å². The van der Waals surface area contributed by atoms with Crippen molar-refractivity contribution in [2.24, 2.45) is 0 Å². The Labute approximate surface area is 253 Å². The van der Waals surface area contributed by atoms with Gasteiger partial charge < -0.3 is 0 Å². The van der Waals surface area contributed by atoms with Gasteiger partial charge in [0, 0.05) is 12.8 Å². The van der Waals surface area contributed by atoms with Crippen molar-refractivity contribution >= 4 is 34.5 Å². The van der Waals surface area contributed by atoms with Crippen molar-refractivity contribution in [2.45, 2.75) is 39.3 Å². The van der Waals surface area contributed by atoms with Crippen LogP contribution in [0.2, 0.25) is 0 Å². The van der Waals surface area contributed by atoms with Crippen molar-refractivity contribution in [3.8, 4) is 23.7 Å². The fourth-order valence-corrected chi connectivity index (χ4v) is 3.87. The molecule has 6 aromatic rings. The molecule has 0 saturated carbocycles. The molecular weight excluding hydrogens is 570 g/mol. The smallest absolute Gasteiger partial charge is 0.131 e. The second-order valence-electron chi connectivity index (χ2n) is 8.97. The average Bonchev–Trinajstić information content (AvgIpc) is 3.65. The van der Waals surface area contributed by atoms with E-state index >= 15 is 0 Å². The maximum absolute atomic E-state index is 12.5. The molecule has 6 rings (SSSR count). The third-order valence-corrected chi connectivity index (χ3v) is 5.85. The van der Waals surface area contributed by atoms with E-state index in [2.05, 4.69) is 54.0 Å². The molecule has 0 bridgehead atoms. The monoisotopic (exact) mass is 596 g/mol. The first-order chi connectivity index (χ1) is 20.7. The number of hydrogen-bond donors (Lipinski definition) is 0. The van der Waals surface area contributed by atoms with E-state index in [0.29, 0.717) is 48.7 Å². The van der Waals surface area contributed by atoms with Gasteiger partial charge in [-0.15, -0.1) is 12.4 Å². The lowest BCUT2D eigenvalue weighted by molar-refractivity contribution is 0.475. The molecule has 0 N–H and O–H groups in total. The fraction of sp³-hybridized carbons (Fsp3) is 0.188. The Morgan fingerprint density at radius 1 is 0.512 bits per heavy atom. The van der Waals surface area contributed by atoms with Crippen LogP contribution >= 0.6 is 12.4 Å². The van der Waals surface area contributed by atoms with Gasteiger partial charge in [-0.3, -0.25) is 0 Å². The van der Waals surface area contributed by atoms with Crippen LogP contribution in [-0.2, 0) is 26.4 Å². The number of nitrogens with zero attached hydrogens (tertiary/aromatic N) is 8. The van der Waals surface area contributed by atoms with Crippen LogP contribution in [-0.4, -0.2) is 40.0 Å². The molecule has 0 atom stereocenters. The van der Waals surface area contributed by atoms with E-state index in [9.17, 15) is 8.78 Å². The average molecular weight is 597 g/mol. The Morgan fingerprint density at radius 3 is 1.23 bits per heavy atom. The van der Waals surface area contributed by atoms with E-state index in [1.165, 1.54) is 0 Å². The van der Waals surface area contributed by atoms with Crippen LogP contribution in [0.25, 0.3) is 22.1 Å². The zero-order valence-corrected chi connectivity index (χ0v) is 23.9. The maximum Gasteiger partial charge on any atom is 0.131 e. The molecule has 0 aliphatic carbocycles. The summed E-state index contributed by atoms with van der Waals surface area (Å²) >= 11 is 0. The molecule has 11 heteroatoms. The zero-order chi connectivity index (χ0) is 29.0. The molecule has 8 nitrogen and oxygen atoms in total.